The summed E-state index contributed by atoms with van der Waals surface area (Å²) in [5.41, 5.74) is 0.422. The minimum absolute atomic E-state index is 0.00956. The zero-order chi connectivity index (χ0) is 12.6. The molecule has 1 fully saturated rings. The molecular formula is C11H15N3O3. The molecule has 1 amide bonds. The van der Waals surface area contributed by atoms with Gasteiger partial charge in [-0.3, -0.25) is 4.79 Å². The van der Waals surface area contributed by atoms with Crippen molar-refractivity contribution < 1.29 is 14.7 Å². The normalized spacial score (nSPS) is 24.0. The molecule has 2 unspecified atom stereocenters. The van der Waals surface area contributed by atoms with Crippen molar-refractivity contribution in [2.45, 2.75) is 19.4 Å². The van der Waals surface area contributed by atoms with Gasteiger partial charge in [0.2, 0.25) is 0 Å². The molecule has 1 N–H and O–H groups in total. The third-order valence-corrected chi connectivity index (χ3v) is 3.25. The minimum atomic E-state index is -0.939. The summed E-state index contributed by atoms with van der Waals surface area (Å²) in [6, 6.07) is -0.725. The fourth-order valence-electron chi connectivity index (χ4n) is 2.26. The number of carbonyl (C=O) groups is 2. The third kappa shape index (κ3) is 1.90. The molecule has 1 aliphatic rings. The highest BCUT2D eigenvalue weighted by Crippen LogP contribution is 2.25. The van der Waals surface area contributed by atoms with Gasteiger partial charge < -0.3 is 14.6 Å². The largest absolute Gasteiger partial charge is 0.480 e. The highest BCUT2D eigenvalue weighted by molar-refractivity contribution is 5.95. The average Bonchev–Trinajstić information content (AvgIpc) is 2.83. The van der Waals surface area contributed by atoms with Crippen molar-refractivity contribution in [2.24, 2.45) is 13.0 Å². The van der Waals surface area contributed by atoms with E-state index in [1.165, 1.54) is 17.4 Å². The monoisotopic (exact) mass is 237 g/mol. The molecular weight excluding hydrogens is 222 g/mol. The standard InChI is InChI=1S/C11H15N3O3/c1-7-3-4-14(9(7)11(16)17)10(15)8-5-12-6-13(8)2/h5-7,9H,3-4H2,1-2H3,(H,16,17). The van der Waals surface area contributed by atoms with Gasteiger partial charge in [0, 0.05) is 13.6 Å². The fourth-order valence-corrected chi connectivity index (χ4v) is 2.26. The van der Waals surface area contributed by atoms with E-state index in [1.54, 1.807) is 11.6 Å². The lowest BCUT2D eigenvalue weighted by Gasteiger charge is -2.23. The van der Waals surface area contributed by atoms with Crippen LogP contribution in [0.2, 0.25) is 0 Å². The predicted octanol–water partition coefficient (Wildman–Crippen LogP) is 0.355. The van der Waals surface area contributed by atoms with E-state index in [4.69, 9.17) is 5.11 Å². The first-order valence-electron chi connectivity index (χ1n) is 5.52. The number of carbonyl (C=O) groups excluding carboxylic acids is 1. The predicted molar refractivity (Wildman–Crippen MR) is 59.4 cm³/mol. The molecule has 6 heteroatoms. The van der Waals surface area contributed by atoms with Crippen LogP contribution in [0.4, 0.5) is 0 Å². The molecule has 1 aromatic heterocycles. The second kappa shape index (κ2) is 4.20. The number of likely N-dealkylation sites (tertiary alicyclic amines) is 1. The number of carboxylic acids is 1. The van der Waals surface area contributed by atoms with Crippen LogP contribution in [0.5, 0.6) is 0 Å². The number of hydrogen-bond donors (Lipinski definition) is 1. The minimum Gasteiger partial charge on any atom is -0.480 e. The number of rotatable bonds is 2. The number of aromatic nitrogens is 2. The maximum Gasteiger partial charge on any atom is 0.326 e. The number of imidazole rings is 1. The van der Waals surface area contributed by atoms with Crippen LogP contribution in [0.3, 0.4) is 0 Å². The number of carboxylic acid groups (broad SMARTS) is 1. The van der Waals surface area contributed by atoms with Gasteiger partial charge >= 0.3 is 5.97 Å². The van der Waals surface area contributed by atoms with Gasteiger partial charge in [0.05, 0.1) is 12.5 Å². The van der Waals surface area contributed by atoms with Crippen LogP contribution in [-0.2, 0) is 11.8 Å². The smallest absolute Gasteiger partial charge is 0.326 e. The van der Waals surface area contributed by atoms with E-state index >= 15 is 0 Å². The van der Waals surface area contributed by atoms with Crippen LogP contribution in [-0.4, -0.2) is 44.0 Å². The molecule has 92 valence electrons. The zero-order valence-corrected chi connectivity index (χ0v) is 9.83. The first-order chi connectivity index (χ1) is 8.02. The van der Waals surface area contributed by atoms with Gasteiger partial charge in [0.1, 0.15) is 11.7 Å². The van der Waals surface area contributed by atoms with Crippen molar-refractivity contribution in [3.8, 4) is 0 Å². The lowest BCUT2D eigenvalue weighted by Crippen LogP contribution is -2.43. The second-order valence-corrected chi connectivity index (χ2v) is 4.44. The molecule has 17 heavy (non-hydrogen) atoms. The van der Waals surface area contributed by atoms with Crippen LogP contribution in [0.1, 0.15) is 23.8 Å². The van der Waals surface area contributed by atoms with Crippen LogP contribution in [0.25, 0.3) is 0 Å². The van der Waals surface area contributed by atoms with Gasteiger partial charge in [-0.25, -0.2) is 9.78 Å². The van der Waals surface area contributed by atoms with E-state index in [-0.39, 0.29) is 11.8 Å². The summed E-state index contributed by atoms with van der Waals surface area (Å²) in [5.74, 6) is -1.21. The average molecular weight is 237 g/mol. The summed E-state index contributed by atoms with van der Waals surface area (Å²) in [6.45, 7) is 2.34. The van der Waals surface area contributed by atoms with Crippen molar-refractivity contribution in [2.75, 3.05) is 6.54 Å². The topological polar surface area (TPSA) is 75.4 Å². The van der Waals surface area contributed by atoms with E-state index in [0.717, 1.165) is 6.42 Å². The van der Waals surface area contributed by atoms with E-state index in [2.05, 4.69) is 4.98 Å². The number of aryl methyl sites for hydroxylation is 1. The molecule has 0 saturated carbocycles. The Balaban J connectivity index is 2.26. The van der Waals surface area contributed by atoms with Gasteiger partial charge in [-0.05, 0) is 12.3 Å². The van der Waals surface area contributed by atoms with E-state index < -0.39 is 12.0 Å². The maximum absolute atomic E-state index is 12.2. The second-order valence-electron chi connectivity index (χ2n) is 4.44. The van der Waals surface area contributed by atoms with Crippen LogP contribution in [0, 0.1) is 5.92 Å². The quantitative estimate of drug-likeness (QED) is 0.805. The van der Waals surface area contributed by atoms with Crippen molar-refractivity contribution in [3.05, 3.63) is 18.2 Å². The van der Waals surface area contributed by atoms with Gasteiger partial charge in [0.25, 0.3) is 5.91 Å². The Hall–Kier alpha value is -1.85. The van der Waals surface area contributed by atoms with Gasteiger partial charge in [-0.15, -0.1) is 0 Å². The van der Waals surface area contributed by atoms with E-state index in [9.17, 15) is 9.59 Å². The molecule has 0 bridgehead atoms. The summed E-state index contributed by atoms with van der Waals surface area (Å²) in [4.78, 5) is 28.6. The molecule has 6 nitrogen and oxygen atoms in total. The molecule has 1 saturated heterocycles. The van der Waals surface area contributed by atoms with Gasteiger partial charge in [-0.2, -0.15) is 0 Å². The number of hydrogen-bond acceptors (Lipinski definition) is 3. The first-order valence-corrected chi connectivity index (χ1v) is 5.52. The number of nitrogens with zero attached hydrogens (tertiary/aromatic N) is 3. The molecule has 2 heterocycles. The first kappa shape index (κ1) is 11.6. The SMILES string of the molecule is CC1CCN(C(=O)c2cncn2C)C1C(=O)O. The van der Waals surface area contributed by atoms with E-state index in [1.807, 2.05) is 6.92 Å². The highest BCUT2D eigenvalue weighted by atomic mass is 16.4. The molecule has 0 radical (unpaired) electrons. The van der Waals surface area contributed by atoms with Crippen molar-refractivity contribution in [3.63, 3.8) is 0 Å². The molecule has 0 spiro atoms. The van der Waals surface area contributed by atoms with Gasteiger partial charge in [-0.1, -0.05) is 6.92 Å². The van der Waals surface area contributed by atoms with Crippen LogP contribution < -0.4 is 0 Å². The Morgan fingerprint density at radius 1 is 1.53 bits per heavy atom. The summed E-state index contributed by atoms with van der Waals surface area (Å²) in [5, 5.41) is 9.15. The van der Waals surface area contributed by atoms with Crippen molar-refractivity contribution >= 4 is 11.9 Å². The fraction of sp³-hybridized carbons (Fsp3) is 0.545. The molecule has 1 aromatic rings. The molecule has 1 aliphatic heterocycles. The molecule has 2 rings (SSSR count). The Labute approximate surface area is 98.9 Å². The Morgan fingerprint density at radius 3 is 2.76 bits per heavy atom. The summed E-state index contributed by atoms with van der Waals surface area (Å²) in [7, 11) is 1.72. The highest BCUT2D eigenvalue weighted by Gasteiger charge is 2.40. The lowest BCUT2D eigenvalue weighted by atomic mass is 10.0. The summed E-state index contributed by atoms with van der Waals surface area (Å²) >= 11 is 0. The molecule has 0 aromatic carbocycles. The maximum atomic E-state index is 12.2. The molecule has 2 atom stereocenters. The van der Waals surface area contributed by atoms with Gasteiger partial charge in [0.15, 0.2) is 0 Å². The van der Waals surface area contributed by atoms with Crippen molar-refractivity contribution in [1.29, 1.82) is 0 Å². The van der Waals surface area contributed by atoms with Crippen LogP contribution >= 0.6 is 0 Å². The van der Waals surface area contributed by atoms with Crippen molar-refractivity contribution in [1.82, 2.24) is 14.5 Å². The third-order valence-electron chi connectivity index (χ3n) is 3.25. The summed E-state index contributed by atoms with van der Waals surface area (Å²) in [6.07, 6.45) is 3.72. The zero-order valence-electron chi connectivity index (χ0n) is 9.83. The van der Waals surface area contributed by atoms with E-state index in [0.29, 0.717) is 12.2 Å². The molecule has 0 aliphatic carbocycles. The number of aliphatic carboxylic acids is 1. The Morgan fingerprint density at radius 2 is 2.24 bits per heavy atom. The van der Waals surface area contributed by atoms with Crippen LogP contribution in [0.15, 0.2) is 12.5 Å². The summed E-state index contributed by atoms with van der Waals surface area (Å²) < 4.78 is 1.60. The Bertz CT molecular complexity index is 455. The lowest BCUT2D eigenvalue weighted by molar-refractivity contribution is -0.142. The number of amides is 1. The Kier molecular flexibility index (Phi) is 2.87.